The third kappa shape index (κ3) is 5.75. The summed E-state index contributed by atoms with van der Waals surface area (Å²) in [7, 11) is -4.97. The molecule has 3 N–H and O–H groups in total. The predicted molar refractivity (Wildman–Crippen MR) is 135 cm³/mol. The van der Waals surface area contributed by atoms with Crippen LogP contribution in [0.4, 0.5) is 8.78 Å². The Hall–Kier alpha value is -2.41. The summed E-state index contributed by atoms with van der Waals surface area (Å²) in [5.41, 5.74) is -2.90. The first kappa shape index (κ1) is 26.8. The number of fused-ring (bicyclic) bond motifs is 1. The summed E-state index contributed by atoms with van der Waals surface area (Å²) in [6, 6.07) is 1.57. The Morgan fingerprint density at radius 3 is 2.49 bits per heavy atom. The van der Waals surface area contributed by atoms with Crippen molar-refractivity contribution in [2.45, 2.75) is 90.2 Å². The molecule has 1 aromatic carbocycles. The van der Waals surface area contributed by atoms with Gasteiger partial charge in [0.1, 0.15) is 24.2 Å². The molecule has 4 rings (SSSR count). The van der Waals surface area contributed by atoms with Crippen molar-refractivity contribution in [3.63, 3.8) is 0 Å². The highest BCUT2D eigenvalue weighted by Crippen LogP contribution is 2.58. The number of halogens is 2. The van der Waals surface area contributed by atoms with Gasteiger partial charge in [-0.3, -0.25) is 23.4 Å². The van der Waals surface area contributed by atoms with Gasteiger partial charge in [-0.2, -0.15) is 0 Å². The molecule has 0 amide bonds. The van der Waals surface area contributed by atoms with Crippen LogP contribution in [0.3, 0.4) is 0 Å². The van der Waals surface area contributed by atoms with E-state index in [1.165, 1.54) is 0 Å². The van der Waals surface area contributed by atoms with E-state index in [0.29, 0.717) is 15.7 Å². The molecule has 1 saturated heterocycles. The van der Waals surface area contributed by atoms with Crippen molar-refractivity contribution in [2.24, 2.45) is 0 Å². The van der Waals surface area contributed by atoms with Crippen molar-refractivity contribution in [2.75, 3.05) is 6.56 Å². The van der Waals surface area contributed by atoms with Crippen LogP contribution in [0, 0.1) is 5.82 Å². The number of aromatic amines is 1. The van der Waals surface area contributed by atoms with Gasteiger partial charge < -0.3 is 19.5 Å². The number of rotatable bonds is 5. The molecule has 39 heavy (non-hydrogen) atoms. The van der Waals surface area contributed by atoms with Crippen LogP contribution in [0.2, 0.25) is 0 Å². The van der Waals surface area contributed by atoms with Gasteiger partial charge in [-0.05, 0) is 22.5 Å². The van der Waals surface area contributed by atoms with Crippen LogP contribution in [-0.2, 0) is 42.4 Å². The fourth-order valence-corrected chi connectivity index (χ4v) is 5.42. The SMILES string of the molecule is [2H]C([2H])(OP1(=O)OCc2c(F)c(C(C)(C)C)cc(C(C)(C)C)c2O1)[C@]1(F)C[C@@H](O)[C@H](n2cc(CO)c(=O)[nH]c2=O)O1. The minimum atomic E-state index is -4.97. The molecule has 4 atom stereocenters. The number of phosphoric ester groups is 1. The summed E-state index contributed by atoms with van der Waals surface area (Å²) >= 11 is 0. The first-order valence-electron chi connectivity index (χ1n) is 13.1. The number of ether oxygens (including phenoxy) is 1. The monoisotopic (exact) mass is 576 g/mol. The quantitative estimate of drug-likeness (QED) is 0.455. The smallest absolute Gasteiger partial charge is 0.403 e. The largest absolute Gasteiger partial charge is 0.530 e. The van der Waals surface area contributed by atoms with Crippen molar-refractivity contribution >= 4 is 7.82 Å². The Morgan fingerprint density at radius 2 is 1.90 bits per heavy atom. The highest BCUT2D eigenvalue weighted by molar-refractivity contribution is 7.49. The number of aliphatic hydroxyl groups excluding tert-OH is 2. The molecule has 0 spiro atoms. The number of hydrogen-bond donors (Lipinski definition) is 3. The second-order valence-corrected chi connectivity index (χ2v) is 13.1. The number of hydrogen-bond acceptors (Lipinski definition) is 9. The molecule has 2 aromatic rings. The van der Waals surface area contributed by atoms with Crippen molar-refractivity contribution in [3.05, 3.63) is 61.2 Å². The number of H-pyrrole nitrogens is 1. The van der Waals surface area contributed by atoms with Gasteiger partial charge in [-0.25, -0.2) is 18.1 Å². The van der Waals surface area contributed by atoms with Crippen LogP contribution in [0.25, 0.3) is 0 Å². The van der Waals surface area contributed by atoms with E-state index in [4.69, 9.17) is 21.0 Å². The summed E-state index contributed by atoms with van der Waals surface area (Å²) in [4.78, 5) is 25.9. The maximum Gasteiger partial charge on any atom is 0.530 e. The molecule has 1 aromatic heterocycles. The third-order valence-corrected chi connectivity index (χ3v) is 7.57. The maximum absolute atomic E-state index is 16.0. The van der Waals surface area contributed by atoms with Crippen molar-refractivity contribution in [3.8, 4) is 5.75 Å². The van der Waals surface area contributed by atoms with E-state index in [-0.39, 0.29) is 16.9 Å². The summed E-state index contributed by atoms with van der Waals surface area (Å²) in [6.45, 7) is 5.83. The normalized spacial score (nSPS) is 28.5. The van der Waals surface area contributed by atoms with E-state index in [9.17, 15) is 24.4 Å². The van der Waals surface area contributed by atoms with E-state index in [1.54, 1.807) is 6.07 Å². The van der Waals surface area contributed by atoms with Crippen LogP contribution in [0.5, 0.6) is 5.75 Å². The van der Waals surface area contributed by atoms with Gasteiger partial charge in [0.25, 0.3) is 5.56 Å². The Labute approximate surface area is 226 Å². The zero-order valence-electron chi connectivity index (χ0n) is 24.3. The molecule has 0 aliphatic carbocycles. The van der Waals surface area contributed by atoms with Gasteiger partial charge in [0.2, 0.25) is 5.85 Å². The molecule has 0 saturated carbocycles. The molecule has 0 bridgehead atoms. The predicted octanol–water partition coefficient (Wildman–Crippen LogP) is 3.44. The van der Waals surface area contributed by atoms with Gasteiger partial charge in [-0.1, -0.05) is 41.5 Å². The lowest BCUT2D eigenvalue weighted by Gasteiger charge is -2.34. The Bertz CT molecular complexity index is 1530. The standard InChI is InChI=1S/C25H33F2N2O9P/c1-23(2,3)15-7-16(24(4,5)6)19-14(18(15)26)11-35-39(34,38-19)36-12-25(27)8-17(31)21(37-25)29-9-13(10-30)20(32)28-22(29)33/h7,9,17,21,30-31H,8,10-12H2,1-6H3,(H,28,32,33)/t17-,21-,25+,39?/m1/s1/i12D2. The number of benzene rings is 1. The fraction of sp³-hybridized carbons (Fsp3) is 0.600. The number of aromatic nitrogens is 2. The van der Waals surface area contributed by atoms with Gasteiger partial charge in [-0.15, -0.1) is 0 Å². The topological polar surface area (TPSA) is 149 Å². The number of phosphoric acid groups is 1. The van der Waals surface area contributed by atoms with Gasteiger partial charge in [0, 0.05) is 18.2 Å². The van der Waals surface area contributed by atoms with Gasteiger partial charge >= 0.3 is 13.5 Å². The summed E-state index contributed by atoms with van der Waals surface area (Å²) in [6.07, 6.45) is -3.97. The highest BCUT2D eigenvalue weighted by Gasteiger charge is 2.51. The van der Waals surface area contributed by atoms with E-state index < -0.39 is 80.1 Å². The third-order valence-electron chi connectivity index (χ3n) is 6.40. The molecule has 11 nitrogen and oxygen atoms in total. The Balaban J connectivity index is 1.67. The molecular formula is C25H33F2N2O9P. The minimum absolute atomic E-state index is 0.0577. The average Bonchev–Trinajstić information content (AvgIpc) is 3.12. The molecule has 1 unspecified atom stereocenters. The van der Waals surface area contributed by atoms with E-state index in [1.807, 2.05) is 46.5 Å². The number of aliphatic hydroxyl groups is 2. The second-order valence-electron chi connectivity index (χ2n) is 11.6. The number of nitrogens with one attached hydrogen (secondary N) is 1. The molecule has 2 aliphatic rings. The van der Waals surface area contributed by atoms with Crippen LogP contribution in [0.15, 0.2) is 21.9 Å². The van der Waals surface area contributed by atoms with Crippen LogP contribution in [-0.4, -0.2) is 38.3 Å². The molecular weight excluding hydrogens is 541 g/mol. The first-order valence-corrected chi connectivity index (χ1v) is 13.6. The van der Waals surface area contributed by atoms with Gasteiger partial charge in [0.15, 0.2) is 6.23 Å². The fourth-order valence-electron chi connectivity index (χ4n) is 4.31. The van der Waals surface area contributed by atoms with E-state index in [0.717, 1.165) is 6.20 Å². The molecule has 3 heterocycles. The Morgan fingerprint density at radius 1 is 1.26 bits per heavy atom. The maximum atomic E-state index is 16.0. The van der Waals surface area contributed by atoms with Gasteiger partial charge in [0.05, 0.1) is 27.1 Å². The van der Waals surface area contributed by atoms with Crippen LogP contribution >= 0.6 is 7.82 Å². The van der Waals surface area contributed by atoms with Crippen molar-refractivity contribution < 1.29 is 44.6 Å². The molecule has 2 aliphatic heterocycles. The van der Waals surface area contributed by atoms with E-state index in [2.05, 4.69) is 0 Å². The zero-order valence-corrected chi connectivity index (χ0v) is 23.2. The molecule has 1 fully saturated rings. The molecule has 14 heteroatoms. The summed E-state index contributed by atoms with van der Waals surface area (Å²) in [5, 5.41) is 19.8. The summed E-state index contributed by atoms with van der Waals surface area (Å²) in [5.74, 6) is -4.34. The lowest BCUT2D eigenvalue weighted by molar-refractivity contribution is -0.179. The summed E-state index contributed by atoms with van der Waals surface area (Å²) < 4.78 is 82.9. The molecule has 0 radical (unpaired) electrons. The molecule has 216 valence electrons. The Kier molecular flexibility index (Phi) is 6.80. The van der Waals surface area contributed by atoms with Crippen molar-refractivity contribution in [1.29, 1.82) is 0 Å². The number of nitrogens with zero attached hydrogens (tertiary/aromatic N) is 1. The minimum Gasteiger partial charge on any atom is -0.403 e. The van der Waals surface area contributed by atoms with Crippen LogP contribution < -0.4 is 15.8 Å². The lowest BCUT2D eigenvalue weighted by atomic mass is 9.78. The van der Waals surface area contributed by atoms with Crippen LogP contribution in [0.1, 0.15) is 79.2 Å². The first-order chi connectivity index (χ1) is 18.6. The average molecular weight is 577 g/mol. The van der Waals surface area contributed by atoms with E-state index >= 15 is 8.78 Å². The number of alkyl halides is 1. The van der Waals surface area contributed by atoms with Crippen molar-refractivity contribution in [1.82, 2.24) is 9.55 Å². The second kappa shape index (κ2) is 9.90. The lowest BCUT2D eigenvalue weighted by Crippen LogP contribution is -2.37. The highest BCUT2D eigenvalue weighted by atomic mass is 31.2. The zero-order chi connectivity index (χ0) is 30.9.